The Balaban J connectivity index is 1.74. The van der Waals surface area contributed by atoms with E-state index in [0.29, 0.717) is 24.2 Å². The first-order chi connectivity index (χ1) is 11.0. The van der Waals surface area contributed by atoms with E-state index < -0.39 is 10.0 Å². The van der Waals surface area contributed by atoms with Gasteiger partial charge in [-0.2, -0.15) is 0 Å². The molecule has 0 aliphatic carbocycles. The predicted molar refractivity (Wildman–Crippen MR) is 83.3 cm³/mol. The van der Waals surface area contributed by atoms with E-state index in [1.54, 1.807) is 0 Å². The predicted octanol–water partition coefficient (Wildman–Crippen LogP) is 1.06. The quantitative estimate of drug-likeness (QED) is 0.776. The third-order valence-electron chi connectivity index (χ3n) is 3.29. The van der Waals surface area contributed by atoms with Gasteiger partial charge in [-0.1, -0.05) is 12.1 Å². The number of nitrogens with one attached hydrogen (secondary N) is 2. The van der Waals surface area contributed by atoms with Crippen LogP contribution in [0.25, 0.3) is 0 Å². The smallest absolute Gasteiger partial charge is 0.250 e. The van der Waals surface area contributed by atoms with Gasteiger partial charge in [0.05, 0.1) is 24.2 Å². The highest BCUT2D eigenvalue weighted by Gasteiger charge is 2.15. The molecule has 1 aliphatic rings. The molecular formula is C15H19FN2O4S. The molecule has 0 bridgehead atoms. The number of carbonyl (C=O) groups excluding carboxylic acids is 1. The van der Waals surface area contributed by atoms with Crippen LogP contribution in [0.5, 0.6) is 0 Å². The molecule has 0 radical (unpaired) electrons. The number of rotatable bonds is 7. The normalized spacial score (nSPS) is 14.7. The van der Waals surface area contributed by atoms with E-state index in [1.807, 2.05) is 0 Å². The van der Waals surface area contributed by atoms with Gasteiger partial charge in [0.1, 0.15) is 5.82 Å². The minimum Gasteiger partial charge on any atom is -0.501 e. The number of carbonyl (C=O) groups is 1. The van der Waals surface area contributed by atoms with Crippen LogP contribution >= 0.6 is 0 Å². The van der Waals surface area contributed by atoms with Gasteiger partial charge in [-0.15, -0.1) is 0 Å². The van der Waals surface area contributed by atoms with Crippen molar-refractivity contribution in [3.8, 4) is 0 Å². The molecule has 1 heterocycles. The fraction of sp³-hybridized carbons (Fsp3) is 0.400. The van der Waals surface area contributed by atoms with Gasteiger partial charge >= 0.3 is 0 Å². The van der Waals surface area contributed by atoms with E-state index in [1.165, 1.54) is 30.5 Å². The first-order valence-corrected chi connectivity index (χ1v) is 8.92. The Hall–Kier alpha value is -1.93. The van der Waals surface area contributed by atoms with Crippen molar-refractivity contribution < 1.29 is 22.3 Å². The maximum Gasteiger partial charge on any atom is 0.250 e. The molecule has 1 amide bonds. The first-order valence-electron chi connectivity index (χ1n) is 7.27. The van der Waals surface area contributed by atoms with Gasteiger partial charge in [-0.25, -0.2) is 17.5 Å². The van der Waals surface area contributed by atoms with Gasteiger partial charge in [-0.05, 0) is 30.5 Å². The third-order valence-corrected chi connectivity index (χ3v) is 4.62. The van der Waals surface area contributed by atoms with E-state index in [0.717, 1.165) is 6.42 Å². The van der Waals surface area contributed by atoms with Crippen molar-refractivity contribution in [1.29, 1.82) is 0 Å². The average Bonchev–Trinajstić information content (AvgIpc) is 2.55. The Kier molecular flexibility index (Phi) is 6.12. The highest BCUT2D eigenvalue weighted by Crippen LogP contribution is 2.11. The summed E-state index contributed by atoms with van der Waals surface area (Å²) in [5, 5.41) is 2.56. The SMILES string of the molecule is O=C(NCCS(=O)(=O)NCc1ccc(F)cc1)C1=COCCC1. The Morgan fingerprint density at radius 2 is 2.00 bits per heavy atom. The largest absolute Gasteiger partial charge is 0.501 e. The molecule has 23 heavy (non-hydrogen) atoms. The van der Waals surface area contributed by atoms with Crippen molar-refractivity contribution in [2.45, 2.75) is 19.4 Å². The highest BCUT2D eigenvalue weighted by atomic mass is 32.2. The van der Waals surface area contributed by atoms with E-state index in [9.17, 15) is 17.6 Å². The standard InChI is InChI=1S/C15H19FN2O4S/c16-14-5-3-12(4-6-14)10-18-23(20,21)9-7-17-15(19)13-2-1-8-22-11-13/h3-6,11,18H,1-2,7-10H2,(H,17,19). The molecular weight excluding hydrogens is 323 g/mol. The summed E-state index contributed by atoms with van der Waals surface area (Å²) in [6.07, 6.45) is 2.82. The van der Waals surface area contributed by atoms with Crippen molar-refractivity contribution >= 4 is 15.9 Å². The number of amides is 1. The summed E-state index contributed by atoms with van der Waals surface area (Å²) in [6, 6.07) is 5.55. The molecule has 2 rings (SSSR count). The zero-order chi connectivity index (χ0) is 16.7. The summed E-state index contributed by atoms with van der Waals surface area (Å²) in [4.78, 5) is 11.8. The molecule has 2 N–H and O–H groups in total. The Labute approximate surface area is 134 Å². The second kappa shape index (κ2) is 8.07. The van der Waals surface area contributed by atoms with Crippen LogP contribution in [-0.4, -0.2) is 33.2 Å². The molecule has 0 atom stereocenters. The maximum atomic E-state index is 12.8. The van der Waals surface area contributed by atoms with E-state index in [4.69, 9.17) is 4.74 Å². The highest BCUT2D eigenvalue weighted by molar-refractivity contribution is 7.89. The van der Waals surface area contributed by atoms with Gasteiger partial charge in [0.25, 0.3) is 0 Å². The van der Waals surface area contributed by atoms with Crippen molar-refractivity contribution in [1.82, 2.24) is 10.0 Å². The lowest BCUT2D eigenvalue weighted by atomic mass is 10.1. The van der Waals surface area contributed by atoms with E-state index in [2.05, 4.69) is 10.0 Å². The van der Waals surface area contributed by atoms with Crippen LogP contribution in [0.4, 0.5) is 4.39 Å². The van der Waals surface area contributed by atoms with Crippen molar-refractivity contribution in [3.63, 3.8) is 0 Å². The van der Waals surface area contributed by atoms with Crippen LogP contribution in [0.2, 0.25) is 0 Å². The van der Waals surface area contributed by atoms with Gasteiger partial charge in [0, 0.05) is 13.1 Å². The zero-order valence-electron chi connectivity index (χ0n) is 12.5. The molecule has 1 aromatic carbocycles. The molecule has 0 spiro atoms. The summed E-state index contributed by atoms with van der Waals surface area (Å²) in [5.41, 5.74) is 1.18. The van der Waals surface area contributed by atoms with Crippen LogP contribution in [0.15, 0.2) is 36.1 Å². The number of hydrogen-bond acceptors (Lipinski definition) is 4. The molecule has 6 nitrogen and oxygen atoms in total. The van der Waals surface area contributed by atoms with Crippen LogP contribution in [0.3, 0.4) is 0 Å². The summed E-state index contributed by atoms with van der Waals surface area (Å²) in [5.74, 6) is -0.910. The summed E-state index contributed by atoms with van der Waals surface area (Å²) < 4.78 is 43.9. The van der Waals surface area contributed by atoms with Gasteiger partial charge in [0.2, 0.25) is 15.9 Å². The van der Waals surface area contributed by atoms with Gasteiger partial charge in [-0.3, -0.25) is 4.79 Å². The number of hydrogen-bond donors (Lipinski definition) is 2. The van der Waals surface area contributed by atoms with Crippen LogP contribution < -0.4 is 10.0 Å². The molecule has 0 aromatic heterocycles. The Bertz CT molecular complexity index is 671. The maximum absolute atomic E-state index is 12.8. The molecule has 1 aromatic rings. The van der Waals surface area contributed by atoms with Crippen LogP contribution in [0, 0.1) is 5.82 Å². The third kappa shape index (κ3) is 5.99. The fourth-order valence-corrected chi connectivity index (χ4v) is 2.91. The minimum atomic E-state index is -3.53. The van der Waals surface area contributed by atoms with E-state index in [-0.39, 0.29) is 30.6 Å². The first kappa shape index (κ1) is 17.4. The topological polar surface area (TPSA) is 84.5 Å². The second-order valence-electron chi connectivity index (χ2n) is 5.14. The molecule has 0 fully saturated rings. The summed E-state index contributed by atoms with van der Waals surface area (Å²) in [6.45, 7) is 0.683. The van der Waals surface area contributed by atoms with Crippen LogP contribution in [-0.2, 0) is 26.1 Å². The lowest BCUT2D eigenvalue weighted by Gasteiger charge is -2.13. The monoisotopic (exact) mass is 342 g/mol. The average molecular weight is 342 g/mol. The van der Waals surface area contributed by atoms with Crippen molar-refractivity contribution in [3.05, 3.63) is 47.5 Å². The summed E-state index contributed by atoms with van der Waals surface area (Å²) in [7, 11) is -3.53. The van der Waals surface area contributed by atoms with Crippen molar-refractivity contribution in [2.24, 2.45) is 0 Å². The van der Waals surface area contributed by atoms with Crippen LogP contribution in [0.1, 0.15) is 18.4 Å². The molecule has 1 aliphatic heterocycles. The number of sulfonamides is 1. The van der Waals surface area contributed by atoms with E-state index >= 15 is 0 Å². The zero-order valence-corrected chi connectivity index (χ0v) is 13.4. The summed E-state index contributed by atoms with van der Waals surface area (Å²) >= 11 is 0. The molecule has 0 unspecified atom stereocenters. The molecule has 126 valence electrons. The number of ether oxygens (including phenoxy) is 1. The molecule has 0 saturated carbocycles. The lowest BCUT2D eigenvalue weighted by Crippen LogP contribution is -2.35. The lowest BCUT2D eigenvalue weighted by molar-refractivity contribution is -0.117. The van der Waals surface area contributed by atoms with Crippen molar-refractivity contribution in [2.75, 3.05) is 18.9 Å². The van der Waals surface area contributed by atoms with Gasteiger partial charge in [0.15, 0.2) is 0 Å². The fourth-order valence-electron chi connectivity index (χ4n) is 2.01. The number of halogens is 1. The van der Waals surface area contributed by atoms with Gasteiger partial charge < -0.3 is 10.1 Å². The second-order valence-corrected chi connectivity index (χ2v) is 7.07. The Morgan fingerprint density at radius 3 is 2.65 bits per heavy atom. The Morgan fingerprint density at radius 1 is 1.26 bits per heavy atom. The number of benzene rings is 1. The molecule has 0 saturated heterocycles. The molecule has 8 heteroatoms. The minimum absolute atomic E-state index is 0.00885.